The fourth-order valence-corrected chi connectivity index (χ4v) is 5.06. The molecule has 7 heteroatoms. The van der Waals surface area contributed by atoms with Gasteiger partial charge in [-0.2, -0.15) is 0 Å². The molecule has 0 radical (unpaired) electrons. The summed E-state index contributed by atoms with van der Waals surface area (Å²) in [6.45, 7) is 8.30. The average molecular weight is 491 g/mol. The van der Waals surface area contributed by atoms with Crippen LogP contribution in [-0.2, 0) is 20.0 Å². The van der Waals surface area contributed by atoms with Crippen molar-refractivity contribution in [2.45, 2.75) is 38.0 Å². The molecule has 0 aliphatic heterocycles. The third-order valence-electron chi connectivity index (χ3n) is 5.89. The number of nitrogens with one attached hydrogen (secondary N) is 2. The van der Waals surface area contributed by atoms with Crippen molar-refractivity contribution in [3.63, 3.8) is 0 Å². The standard InChI is InChI=1S/C28H30N2O4S/c1-5-34-27(31)26-25(19-9-7-6-8-10-19)23-17-21(13-16-24(23)30-26)29-18-35(32,33)22-14-11-20(12-15-22)28(2,3)4/h6-17,29-30H,5,18H2,1-4H3. The van der Waals surface area contributed by atoms with E-state index < -0.39 is 15.8 Å². The maximum absolute atomic E-state index is 13.0. The number of hydrogen-bond donors (Lipinski definition) is 2. The summed E-state index contributed by atoms with van der Waals surface area (Å²) in [5, 5.41) is 3.85. The third-order valence-corrected chi connectivity index (χ3v) is 7.40. The van der Waals surface area contributed by atoms with Crippen LogP contribution in [0.2, 0.25) is 0 Å². The molecule has 0 bridgehead atoms. The first-order valence-electron chi connectivity index (χ1n) is 11.6. The van der Waals surface area contributed by atoms with Crippen LogP contribution in [0.25, 0.3) is 22.0 Å². The van der Waals surface area contributed by atoms with Crippen molar-refractivity contribution in [1.29, 1.82) is 0 Å². The van der Waals surface area contributed by atoms with Crippen LogP contribution in [0.15, 0.2) is 77.7 Å². The van der Waals surface area contributed by atoms with Crippen LogP contribution >= 0.6 is 0 Å². The van der Waals surface area contributed by atoms with Crippen molar-refractivity contribution in [3.05, 3.63) is 84.1 Å². The maximum Gasteiger partial charge on any atom is 0.355 e. The van der Waals surface area contributed by atoms with E-state index in [1.54, 1.807) is 25.1 Å². The molecule has 0 atom stereocenters. The number of carbonyl (C=O) groups is 1. The first-order valence-corrected chi connectivity index (χ1v) is 13.2. The second kappa shape index (κ2) is 9.58. The minimum absolute atomic E-state index is 0.0502. The van der Waals surface area contributed by atoms with Gasteiger partial charge in [-0.15, -0.1) is 0 Å². The molecule has 35 heavy (non-hydrogen) atoms. The Labute approximate surface area is 206 Å². The van der Waals surface area contributed by atoms with Gasteiger partial charge in [0.05, 0.1) is 11.5 Å². The Morgan fingerprint density at radius 2 is 1.66 bits per heavy atom. The first kappa shape index (κ1) is 24.5. The van der Waals surface area contributed by atoms with Crippen LogP contribution in [0.1, 0.15) is 43.7 Å². The molecule has 4 aromatic rings. The number of fused-ring (bicyclic) bond motifs is 1. The van der Waals surface area contributed by atoms with Crippen molar-refractivity contribution in [2.75, 3.05) is 17.8 Å². The summed E-state index contributed by atoms with van der Waals surface area (Å²) in [6.07, 6.45) is 0. The molecule has 0 saturated heterocycles. The Bertz CT molecular complexity index is 1450. The summed E-state index contributed by atoms with van der Waals surface area (Å²) in [5.41, 5.74) is 4.39. The molecule has 6 nitrogen and oxygen atoms in total. The molecular formula is C28H30N2O4S. The first-order chi connectivity index (χ1) is 16.6. The number of sulfone groups is 1. The molecule has 0 unspecified atom stereocenters. The van der Waals surface area contributed by atoms with Crippen LogP contribution in [0.4, 0.5) is 5.69 Å². The van der Waals surface area contributed by atoms with E-state index in [9.17, 15) is 13.2 Å². The summed E-state index contributed by atoms with van der Waals surface area (Å²) in [4.78, 5) is 16.1. The zero-order chi connectivity index (χ0) is 25.2. The highest BCUT2D eigenvalue weighted by molar-refractivity contribution is 7.91. The smallest absolute Gasteiger partial charge is 0.355 e. The lowest BCUT2D eigenvalue weighted by Gasteiger charge is -2.19. The van der Waals surface area contributed by atoms with Gasteiger partial charge in [-0.1, -0.05) is 63.2 Å². The number of anilines is 1. The van der Waals surface area contributed by atoms with Crippen molar-refractivity contribution in [3.8, 4) is 11.1 Å². The lowest BCUT2D eigenvalue weighted by molar-refractivity contribution is 0.0521. The molecule has 182 valence electrons. The molecule has 1 aromatic heterocycles. The molecule has 2 N–H and O–H groups in total. The van der Waals surface area contributed by atoms with Crippen LogP contribution < -0.4 is 5.32 Å². The summed E-state index contributed by atoms with van der Waals surface area (Å²) in [7, 11) is -3.54. The van der Waals surface area contributed by atoms with E-state index in [0.717, 1.165) is 27.6 Å². The minimum atomic E-state index is -3.54. The maximum atomic E-state index is 13.0. The number of aromatic nitrogens is 1. The van der Waals surface area contributed by atoms with Gasteiger partial charge in [-0.25, -0.2) is 13.2 Å². The highest BCUT2D eigenvalue weighted by atomic mass is 32.2. The monoisotopic (exact) mass is 490 g/mol. The quantitative estimate of drug-likeness (QED) is 0.303. The Morgan fingerprint density at radius 3 is 2.29 bits per heavy atom. The normalized spacial score (nSPS) is 12.0. The summed E-state index contributed by atoms with van der Waals surface area (Å²) < 4.78 is 31.2. The van der Waals surface area contributed by atoms with Gasteiger partial charge >= 0.3 is 5.97 Å². The molecule has 0 fully saturated rings. The highest BCUT2D eigenvalue weighted by Crippen LogP contribution is 2.34. The van der Waals surface area contributed by atoms with Crippen LogP contribution in [0.3, 0.4) is 0 Å². The molecule has 0 spiro atoms. The summed E-state index contributed by atoms with van der Waals surface area (Å²) in [6, 6.07) is 22.1. The molecule has 1 heterocycles. The Kier molecular flexibility index (Phi) is 6.72. The van der Waals surface area contributed by atoms with Gasteiger partial charge < -0.3 is 15.0 Å². The van der Waals surface area contributed by atoms with Gasteiger partial charge in [0.15, 0.2) is 9.84 Å². The Balaban J connectivity index is 1.65. The number of H-pyrrole nitrogens is 1. The van der Waals surface area contributed by atoms with E-state index in [1.807, 2.05) is 54.6 Å². The predicted molar refractivity (Wildman–Crippen MR) is 141 cm³/mol. The van der Waals surface area contributed by atoms with Gasteiger partial charge in [0.2, 0.25) is 0 Å². The zero-order valence-corrected chi connectivity index (χ0v) is 21.2. The number of benzene rings is 3. The predicted octanol–water partition coefficient (Wildman–Crippen LogP) is 6.15. The van der Waals surface area contributed by atoms with E-state index >= 15 is 0 Å². The number of aromatic amines is 1. The molecule has 3 aromatic carbocycles. The van der Waals surface area contributed by atoms with Gasteiger partial charge in [-0.3, -0.25) is 0 Å². The minimum Gasteiger partial charge on any atom is -0.461 e. The third kappa shape index (κ3) is 5.25. The van der Waals surface area contributed by atoms with E-state index in [-0.39, 0.29) is 22.8 Å². The number of ether oxygens (including phenoxy) is 1. The number of hydrogen-bond acceptors (Lipinski definition) is 5. The second-order valence-electron chi connectivity index (χ2n) is 9.43. The SMILES string of the molecule is CCOC(=O)c1[nH]c2ccc(NCS(=O)(=O)c3ccc(C(C)(C)C)cc3)cc2c1-c1ccccc1. The van der Waals surface area contributed by atoms with Crippen molar-refractivity contribution in [1.82, 2.24) is 4.98 Å². The van der Waals surface area contributed by atoms with E-state index in [0.29, 0.717) is 11.4 Å². The van der Waals surface area contributed by atoms with Crippen molar-refractivity contribution < 1.29 is 17.9 Å². The van der Waals surface area contributed by atoms with Crippen LogP contribution in [0, 0.1) is 0 Å². The molecule has 0 amide bonds. The van der Waals surface area contributed by atoms with Crippen LogP contribution in [0.5, 0.6) is 0 Å². The summed E-state index contributed by atoms with van der Waals surface area (Å²) >= 11 is 0. The largest absolute Gasteiger partial charge is 0.461 e. The van der Waals surface area contributed by atoms with Crippen molar-refractivity contribution in [2.24, 2.45) is 0 Å². The fraction of sp³-hybridized carbons (Fsp3) is 0.250. The molecule has 4 rings (SSSR count). The van der Waals surface area contributed by atoms with E-state index in [2.05, 4.69) is 31.1 Å². The summed E-state index contributed by atoms with van der Waals surface area (Å²) in [5.74, 6) is -0.679. The highest BCUT2D eigenvalue weighted by Gasteiger charge is 2.21. The lowest BCUT2D eigenvalue weighted by atomic mass is 9.87. The number of carbonyl (C=O) groups excluding carboxylic acids is 1. The second-order valence-corrected chi connectivity index (χ2v) is 11.4. The molecular weight excluding hydrogens is 460 g/mol. The molecule has 0 saturated carbocycles. The topological polar surface area (TPSA) is 88.3 Å². The van der Waals surface area contributed by atoms with Gasteiger partial charge in [0.25, 0.3) is 0 Å². The lowest BCUT2D eigenvalue weighted by Crippen LogP contribution is -2.16. The number of esters is 1. The van der Waals surface area contributed by atoms with Crippen LogP contribution in [-0.4, -0.2) is 31.9 Å². The fourth-order valence-electron chi connectivity index (χ4n) is 3.99. The van der Waals surface area contributed by atoms with Crippen molar-refractivity contribution >= 4 is 32.4 Å². The van der Waals surface area contributed by atoms with Gasteiger partial charge in [-0.05, 0) is 53.8 Å². The average Bonchev–Trinajstić information content (AvgIpc) is 3.22. The zero-order valence-electron chi connectivity index (χ0n) is 20.4. The molecule has 0 aliphatic rings. The number of rotatable bonds is 7. The molecule has 0 aliphatic carbocycles. The Hall–Kier alpha value is -3.58. The van der Waals surface area contributed by atoms with E-state index in [4.69, 9.17) is 4.74 Å². The van der Waals surface area contributed by atoms with Gasteiger partial charge in [0, 0.05) is 22.2 Å². The van der Waals surface area contributed by atoms with Gasteiger partial charge in [0.1, 0.15) is 11.6 Å². The Morgan fingerprint density at radius 1 is 0.971 bits per heavy atom. The van der Waals surface area contributed by atoms with E-state index in [1.165, 1.54) is 0 Å².